The largest absolute Gasteiger partial charge is 0.383 e. The van der Waals surface area contributed by atoms with E-state index in [0.717, 1.165) is 28.0 Å². The molecule has 0 aliphatic carbocycles. The van der Waals surface area contributed by atoms with Crippen LogP contribution in [0.5, 0.6) is 0 Å². The van der Waals surface area contributed by atoms with Crippen LogP contribution in [0.15, 0.2) is 34.4 Å². The van der Waals surface area contributed by atoms with E-state index < -0.39 is 0 Å². The molecule has 6 heteroatoms. The van der Waals surface area contributed by atoms with Crippen molar-refractivity contribution in [2.24, 2.45) is 0 Å². The molecule has 0 aliphatic rings. The van der Waals surface area contributed by atoms with E-state index in [1.54, 1.807) is 34.7 Å². The number of hydrogen-bond donors (Lipinski definition) is 1. The van der Waals surface area contributed by atoms with Gasteiger partial charge in [-0.1, -0.05) is 6.92 Å². The highest BCUT2D eigenvalue weighted by molar-refractivity contribution is 9.10. The topological polar surface area (TPSA) is 45.2 Å². The molecule has 0 radical (unpaired) electrons. The molecule has 0 spiro atoms. The van der Waals surface area contributed by atoms with Crippen molar-refractivity contribution in [2.75, 3.05) is 18.9 Å². The Morgan fingerprint density at radius 2 is 2.33 bits per heavy atom. The number of carbonyl (C=O) groups is 1. The average Bonchev–Trinajstić information content (AvgIpc) is 2.89. The first-order chi connectivity index (χ1) is 10.1. The number of carbonyl (C=O) groups excluding carboxylic acids is 1. The summed E-state index contributed by atoms with van der Waals surface area (Å²) in [6.07, 6.45) is 4.36. The van der Waals surface area contributed by atoms with Crippen LogP contribution in [-0.4, -0.2) is 29.4 Å². The highest BCUT2D eigenvalue weighted by Crippen LogP contribution is 2.22. The summed E-state index contributed by atoms with van der Waals surface area (Å²) in [5.41, 5.74) is 1.46. The van der Waals surface area contributed by atoms with Crippen LogP contribution in [0.25, 0.3) is 0 Å². The lowest BCUT2D eigenvalue weighted by Crippen LogP contribution is -2.26. The quantitative estimate of drug-likeness (QED) is 0.838. The Morgan fingerprint density at radius 1 is 1.52 bits per heavy atom. The van der Waals surface area contributed by atoms with Gasteiger partial charge in [-0.3, -0.25) is 9.78 Å². The summed E-state index contributed by atoms with van der Waals surface area (Å²) in [5.74, 6) is 0.000487. The summed E-state index contributed by atoms with van der Waals surface area (Å²) in [6.45, 7) is 3.52. The van der Waals surface area contributed by atoms with E-state index in [2.05, 4.69) is 33.2 Å². The molecule has 0 atom stereocenters. The fraction of sp³-hybridized carbons (Fsp3) is 0.333. The molecule has 4 nitrogen and oxygen atoms in total. The molecule has 0 bridgehead atoms. The minimum atomic E-state index is 0.000487. The van der Waals surface area contributed by atoms with Gasteiger partial charge in [0.25, 0.3) is 5.91 Å². The second-order valence-corrected chi connectivity index (χ2v) is 6.65. The number of aromatic nitrogens is 1. The fourth-order valence-electron chi connectivity index (χ4n) is 1.93. The lowest BCUT2D eigenvalue weighted by molar-refractivity contribution is 0.0787. The molecule has 0 saturated heterocycles. The number of nitrogens with zero attached hydrogens (tertiary/aromatic N) is 2. The molecule has 21 heavy (non-hydrogen) atoms. The van der Waals surface area contributed by atoms with Crippen molar-refractivity contribution in [3.05, 3.63) is 44.8 Å². The first kappa shape index (κ1) is 16.0. The van der Waals surface area contributed by atoms with Gasteiger partial charge in [0, 0.05) is 34.5 Å². The molecular formula is C15H18BrN3OS. The van der Waals surface area contributed by atoms with Crippen molar-refractivity contribution >= 4 is 38.9 Å². The van der Waals surface area contributed by atoms with E-state index in [1.807, 2.05) is 18.5 Å². The first-order valence-corrected chi connectivity index (χ1v) is 8.45. The second kappa shape index (κ2) is 7.56. The van der Waals surface area contributed by atoms with Gasteiger partial charge in [0.15, 0.2) is 0 Å². The number of halogens is 1. The molecule has 2 heterocycles. The van der Waals surface area contributed by atoms with E-state index in [0.29, 0.717) is 12.1 Å². The number of hydrogen-bond acceptors (Lipinski definition) is 4. The Bertz CT molecular complexity index is 614. The number of amides is 1. The van der Waals surface area contributed by atoms with Crippen molar-refractivity contribution in [3.63, 3.8) is 0 Å². The molecule has 0 unspecified atom stereocenters. The monoisotopic (exact) mass is 367 g/mol. The normalized spacial score (nSPS) is 10.4. The first-order valence-electron chi connectivity index (χ1n) is 6.78. The summed E-state index contributed by atoms with van der Waals surface area (Å²) in [5, 5.41) is 5.27. The van der Waals surface area contributed by atoms with Gasteiger partial charge in [0.05, 0.1) is 24.0 Å². The molecule has 0 saturated carbocycles. The van der Waals surface area contributed by atoms with Gasteiger partial charge in [-0.25, -0.2) is 0 Å². The third-order valence-corrected chi connectivity index (χ3v) is 4.66. The lowest BCUT2D eigenvalue weighted by Gasteiger charge is -2.18. The van der Waals surface area contributed by atoms with Crippen LogP contribution in [0, 0.1) is 0 Å². The maximum absolute atomic E-state index is 12.6. The third-order valence-electron chi connectivity index (χ3n) is 2.98. The zero-order valence-corrected chi connectivity index (χ0v) is 14.5. The minimum absolute atomic E-state index is 0.000487. The molecular weight excluding hydrogens is 350 g/mol. The van der Waals surface area contributed by atoms with E-state index in [-0.39, 0.29) is 5.91 Å². The molecule has 0 fully saturated rings. The van der Waals surface area contributed by atoms with Gasteiger partial charge in [-0.05, 0) is 34.5 Å². The van der Waals surface area contributed by atoms with E-state index in [1.165, 1.54) is 0 Å². The highest BCUT2D eigenvalue weighted by atomic mass is 79.9. The summed E-state index contributed by atoms with van der Waals surface area (Å²) >= 11 is 5.07. The summed E-state index contributed by atoms with van der Waals surface area (Å²) in [4.78, 5) is 19.6. The molecule has 0 aliphatic heterocycles. The van der Waals surface area contributed by atoms with Gasteiger partial charge < -0.3 is 10.2 Å². The average molecular weight is 368 g/mol. The standard InChI is InChI=1S/C15H18BrN3OS/c1-3-5-18-14-8-17-6-4-13(14)15(20)19(2)9-12-7-11(16)10-21-12/h4,6-8,10,18H,3,5,9H2,1-2H3. The Labute approximate surface area is 137 Å². The van der Waals surface area contributed by atoms with Crippen LogP contribution in [0.1, 0.15) is 28.6 Å². The molecule has 2 rings (SSSR count). The zero-order chi connectivity index (χ0) is 15.2. The zero-order valence-electron chi connectivity index (χ0n) is 12.1. The number of anilines is 1. The van der Waals surface area contributed by atoms with Gasteiger partial charge >= 0.3 is 0 Å². The molecule has 1 amide bonds. The van der Waals surface area contributed by atoms with Crippen molar-refractivity contribution in [2.45, 2.75) is 19.9 Å². The van der Waals surface area contributed by atoms with Crippen LogP contribution in [0.4, 0.5) is 5.69 Å². The highest BCUT2D eigenvalue weighted by Gasteiger charge is 2.16. The van der Waals surface area contributed by atoms with Gasteiger partial charge in [0.1, 0.15) is 0 Å². The SMILES string of the molecule is CCCNc1cnccc1C(=O)N(C)Cc1cc(Br)cs1. The summed E-state index contributed by atoms with van der Waals surface area (Å²) in [6, 6.07) is 3.80. The van der Waals surface area contributed by atoms with Crippen LogP contribution in [0.2, 0.25) is 0 Å². The molecule has 2 aromatic heterocycles. The second-order valence-electron chi connectivity index (χ2n) is 4.74. The summed E-state index contributed by atoms with van der Waals surface area (Å²) in [7, 11) is 1.82. The predicted molar refractivity (Wildman–Crippen MR) is 90.8 cm³/mol. The third kappa shape index (κ3) is 4.28. The molecule has 112 valence electrons. The maximum Gasteiger partial charge on any atom is 0.256 e. The van der Waals surface area contributed by atoms with E-state index in [4.69, 9.17) is 0 Å². The van der Waals surface area contributed by atoms with Crippen LogP contribution >= 0.6 is 27.3 Å². The fourth-order valence-corrected chi connectivity index (χ4v) is 3.43. The molecule has 2 aromatic rings. The predicted octanol–water partition coefficient (Wildman–Crippen LogP) is 4.00. The Hall–Kier alpha value is -1.40. The van der Waals surface area contributed by atoms with Crippen LogP contribution in [-0.2, 0) is 6.54 Å². The molecule has 0 aromatic carbocycles. The van der Waals surface area contributed by atoms with E-state index in [9.17, 15) is 4.79 Å². The van der Waals surface area contributed by atoms with Crippen molar-refractivity contribution in [1.29, 1.82) is 0 Å². The van der Waals surface area contributed by atoms with Gasteiger partial charge in [0.2, 0.25) is 0 Å². The number of thiophene rings is 1. The van der Waals surface area contributed by atoms with E-state index >= 15 is 0 Å². The smallest absolute Gasteiger partial charge is 0.256 e. The van der Waals surface area contributed by atoms with Crippen molar-refractivity contribution in [3.8, 4) is 0 Å². The lowest BCUT2D eigenvalue weighted by atomic mass is 10.2. The number of rotatable bonds is 6. The minimum Gasteiger partial charge on any atom is -0.383 e. The number of nitrogens with one attached hydrogen (secondary N) is 1. The van der Waals surface area contributed by atoms with Gasteiger partial charge in [-0.2, -0.15) is 0 Å². The summed E-state index contributed by atoms with van der Waals surface area (Å²) < 4.78 is 1.05. The van der Waals surface area contributed by atoms with Crippen LogP contribution < -0.4 is 5.32 Å². The Morgan fingerprint density at radius 3 is 3.00 bits per heavy atom. The van der Waals surface area contributed by atoms with Crippen molar-refractivity contribution < 1.29 is 4.79 Å². The Kier molecular flexibility index (Phi) is 5.76. The number of pyridine rings is 1. The van der Waals surface area contributed by atoms with Gasteiger partial charge in [-0.15, -0.1) is 11.3 Å². The van der Waals surface area contributed by atoms with Crippen LogP contribution in [0.3, 0.4) is 0 Å². The Balaban J connectivity index is 2.11. The maximum atomic E-state index is 12.6. The molecule has 1 N–H and O–H groups in total. The van der Waals surface area contributed by atoms with Crippen molar-refractivity contribution in [1.82, 2.24) is 9.88 Å².